The van der Waals surface area contributed by atoms with Gasteiger partial charge in [-0.1, -0.05) is 37.6 Å². The molecule has 0 aliphatic heterocycles. The average Bonchev–Trinajstić information content (AvgIpc) is 2.62. The Hall–Kier alpha value is -0.730. The third kappa shape index (κ3) is 10.4. The minimum absolute atomic E-state index is 0. The number of guanidine groups is 1. The van der Waals surface area contributed by atoms with E-state index in [2.05, 4.69) is 41.3 Å². The van der Waals surface area contributed by atoms with Crippen LogP contribution in [0, 0.1) is 0 Å². The molecule has 0 saturated heterocycles. The van der Waals surface area contributed by atoms with Gasteiger partial charge in [0.1, 0.15) is 12.4 Å². The van der Waals surface area contributed by atoms with Gasteiger partial charge in [0.15, 0.2) is 5.96 Å². The van der Waals surface area contributed by atoms with Crippen LogP contribution in [0.5, 0.6) is 5.75 Å². The molecule has 7 heteroatoms. The van der Waals surface area contributed by atoms with Crippen molar-refractivity contribution in [2.24, 2.45) is 4.99 Å². The van der Waals surface area contributed by atoms with Gasteiger partial charge in [-0.25, -0.2) is 0 Å². The zero-order chi connectivity index (χ0) is 18.5. The van der Waals surface area contributed by atoms with E-state index in [0.29, 0.717) is 30.0 Å². The molecule has 1 aromatic carbocycles. The van der Waals surface area contributed by atoms with E-state index in [1.54, 1.807) is 7.05 Å². The maximum atomic E-state index is 6.07. The van der Waals surface area contributed by atoms with Gasteiger partial charge in [-0.2, -0.15) is 0 Å². The van der Waals surface area contributed by atoms with Crippen LogP contribution in [0.2, 0.25) is 5.02 Å². The molecule has 0 amide bonds. The molecule has 0 aliphatic rings. The molecule has 0 aromatic heterocycles. The van der Waals surface area contributed by atoms with Gasteiger partial charge in [0.2, 0.25) is 0 Å². The van der Waals surface area contributed by atoms with Crippen molar-refractivity contribution in [3.8, 4) is 5.75 Å². The van der Waals surface area contributed by atoms with E-state index < -0.39 is 0 Å². The summed E-state index contributed by atoms with van der Waals surface area (Å²) in [6.07, 6.45) is 2.30. The molecule has 0 bridgehead atoms. The summed E-state index contributed by atoms with van der Waals surface area (Å²) in [4.78, 5) is 6.72. The van der Waals surface area contributed by atoms with Crippen molar-refractivity contribution >= 4 is 41.5 Å². The first-order valence-corrected chi connectivity index (χ1v) is 9.55. The highest BCUT2D eigenvalue weighted by atomic mass is 127. The molecule has 0 fully saturated rings. The normalized spacial score (nSPS) is 12.5. The number of nitrogens with one attached hydrogen (secondary N) is 2. The Morgan fingerprint density at radius 2 is 1.96 bits per heavy atom. The van der Waals surface area contributed by atoms with Gasteiger partial charge in [-0.05, 0) is 51.5 Å². The zero-order valence-electron chi connectivity index (χ0n) is 16.4. The van der Waals surface area contributed by atoms with Crippen molar-refractivity contribution in [3.05, 3.63) is 29.3 Å². The number of halogens is 2. The third-order valence-corrected chi connectivity index (χ3v) is 4.41. The van der Waals surface area contributed by atoms with E-state index in [0.717, 1.165) is 32.0 Å². The van der Waals surface area contributed by atoms with Gasteiger partial charge >= 0.3 is 0 Å². The van der Waals surface area contributed by atoms with Gasteiger partial charge in [-0.3, -0.25) is 4.99 Å². The second-order valence-corrected chi connectivity index (χ2v) is 6.40. The smallest absolute Gasteiger partial charge is 0.191 e. The van der Waals surface area contributed by atoms with Crippen LogP contribution in [-0.2, 0) is 0 Å². The van der Waals surface area contributed by atoms with Crippen molar-refractivity contribution in [1.82, 2.24) is 15.5 Å². The minimum Gasteiger partial charge on any atom is -0.490 e. The highest BCUT2D eigenvalue weighted by molar-refractivity contribution is 14.0. The monoisotopic (exact) mass is 496 g/mol. The van der Waals surface area contributed by atoms with Crippen molar-refractivity contribution in [2.45, 2.75) is 39.7 Å². The molecule has 26 heavy (non-hydrogen) atoms. The van der Waals surface area contributed by atoms with Gasteiger partial charge in [-0.15, -0.1) is 24.0 Å². The molecule has 150 valence electrons. The second kappa shape index (κ2) is 15.3. The molecule has 0 spiro atoms. The van der Waals surface area contributed by atoms with E-state index >= 15 is 0 Å². The molecule has 0 radical (unpaired) electrons. The number of hydrogen-bond acceptors (Lipinski definition) is 3. The maximum Gasteiger partial charge on any atom is 0.191 e. The fraction of sp³-hybridized carbons (Fsp3) is 0.632. The minimum atomic E-state index is 0. The predicted octanol–water partition coefficient (Wildman–Crippen LogP) is 4.01. The van der Waals surface area contributed by atoms with Crippen molar-refractivity contribution in [1.29, 1.82) is 0 Å². The molecule has 5 nitrogen and oxygen atoms in total. The Balaban J connectivity index is 0.00000625. The molecule has 1 unspecified atom stereocenters. The fourth-order valence-corrected chi connectivity index (χ4v) is 2.74. The average molecular weight is 497 g/mol. The summed E-state index contributed by atoms with van der Waals surface area (Å²) in [7, 11) is 1.78. The topological polar surface area (TPSA) is 48.9 Å². The Labute approximate surface area is 180 Å². The predicted molar refractivity (Wildman–Crippen MR) is 123 cm³/mol. The first-order valence-electron chi connectivity index (χ1n) is 9.17. The van der Waals surface area contributed by atoms with Gasteiger partial charge < -0.3 is 20.3 Å². The van der Waals surface area contributed by atoms with E-state index in [9.17, 15) is 0 Å². The zero-order valence-corrected chi connectivity index (χ0v) is 19.5. The van der Waals surface area contributed by atoms with E-state index in [4.69, 9.17) is 16.3 Å². The lowest BCUT2D eigenvalue weighted by Crippen LogP contribution is -2.43. The van der Waals surface area contributed by atoms with Crippen molar-refractivity contribution in [3.63, 3.8) is 0 Å². The van der Waals surface area contributed by atoms with Crippen molar-refractivity contribution in [2.75, 3.05) is 39.8 Å². The summed E-state index contributed by atoms with van der Waals surface area (Å²) in [6, 6.07) is 7.87. The molecule has 1 aromatic rings. The molecule has 0 saturated carbocycles. The summed E-state index contributed by atoms with van der Waals surface area (Å²) >= 11 is 6.07. The van der Waals surface area contributed by atoms with Gasteiger partial charge in [0, 0.05) is 13.1 Å². The third-order valence-electron chi connectivity index (χ3n) is 4.10. The van der Waals surface area contributed by atoms with Gasteiger partial charge in [0.25, 0.3) is 0 Å². The number of aliphatic imine (C=N–C) groups is 1. The summed E-state index contributed by atoms with van der Waals surface area (Å²) in [5.41, 5.74) is 0. The highest BCUT2D eigenvalue weighted by Gasteiger charge is 2.06. The number of ether oxygens (including phenoxy) is 1. The van der Waals surface area contributed by atoms with Crippen LogP contribution in [0.1, 0.15) is 33.6 Å². The largest absolute Gasteiger partial charge is 0.490 e. The Kier molecular flexibility index (Phi) is 14.9. The van der Waals surface area contributed by atoms with Crippen LogP contribution >= 0.6 is 35.6 Å². The van der Waals surface area contributed by atoms with E-state index in [-0.39, 0.29) is 24.0 Å². The first-order chi connectivity index (χ1) is 12.1. The lowest BCUT2D eigenvalue weighted by atomic mass is 10.2. The maximum absolute atomic E-state index is 6.07. The molecule has 1 rings (SSSR count). The quantitative estimate of drug-likeness (QED) is 0.210. The number of rotatable bonds is 11. The molecular formula is C19H34ClIN4O. The van der Waals surface area contributed by atoms with Crippen LogP contribution in [0.4, 0.5) is 0 Å². The van der Waals surface area contributed by atoms with Gasteiger partial charge in [0.05, 0.1) is 11.6 Å². The first kappa shape index (κ1) is 25.3. The summed E-state index contributed by atoms with van der Waals surface area (Å²) in [5, 5.41) is 7.33. The lowest BCUT2D eigenvalue weighted by Gasteiger charge is -2.21. The number of benzene rings is 1. The van der Waals surface area contributed by atoms with Crippen LogP contribution in [0.3, 0.4) is 0 Å². The number of hydrogen-bond donors (Lipinski definition) is 2. The molecule has 0 aliphatic carbocycles. The standard InChI is InChI=1S/C19H33ClN4O.HI/c1-5-24(6-2)14-9-10-16(3)23-19(21-4)22-13-15-25-18-12-8-7-11-17(18)20;/h7-8,11-12,16H,5-6,9-10,13-15H2,1-4H3,(H2,21,22,23);1H. The Morgan fingerprint density at radius 1 is 1.27 bits per heavy atom. The molecule has 0 heterocycles. The van der Waals surface area contributed by atoms with E-state index in [1.165, 1.54) is 6.42 Å². The second-order valence-electron chi connectivity index (χ2n) is 5.99. The van der Waals surface area contributed by atoms with Crippen molar-refractivity contribution < 1.29 is 4.74 Å². The molecular weight excluding hydrogens is 463 g/mol. The summed E-state index contributed by atoms with van der Waals surface area (Å²) < 4.78 is 5.67. The van der Waals surface area contributed by atoms with Crippen LogP contribution < -0.4 is 15.4 Å². The highest BCUT2D eigenvalue weighted by Crippen LogP contribution is 2.22. The SMILES string of the molecule is CCN(CC)CCCC(C)NC(=NC)NCCOc1ccccc1Cl.I. The number of nitrogens with zero attached hydrogens (tertiary/aromatic N) is 2. The summed E-state index contributed by atoms with van der Waals surface area (Å²) in [5.74, 6) is 1.51. The van der Waals surface area contributed by atoms with Crippen LogP contribution in [0.15, 0.2) is 29.3 Å². The molecule has 2 N–H and O–H groups in total. The Bertz CT molecular complexity index is 512. The van der Waals surface area contributed by atoms with Crippen LogP contribution in [0.25, 0.3) is 0 Å². The fourth-order valence-electron chi connectivity index (χ4n) is 2.55. The number of para-hydroxylation sites is 1. The van der Waals surface area contributed by atoms with E-state index in [1.807, 2.05) is 24.3 Å². The summed E-state index contributed by atoms with van der Waals surface area (Å²) in [6.45, 7) is 11.2. The van der Waals surface area contributed by atoms with Crippen LogP contribution in [-0.4, -0.2) is 56.7 Å². The lowest BCUT2D eigenvalue weighted by molar-refractivity contribution is 0.292. The Morgan fingerprint density at radius 3 is 2.58 bits per heavy atom. The molecule has 1 atom stereocenters.